The fraction of sp³-hybridized carbons (Fsp3) is 0.568. The Hall–Kier alpha value is -4.63. The highest BCUT2D eigenvalue weighted by Gasteiger charge is 2.78. The molecule has 2 saturated carbocycles. The molecule has 2 aromatic rings. The van der Waals surface area contributed by atoms with Gasteiger partial charge >= 0.3 is 24.0 Å². The van der Waals surface area contributed by atoms with Crippen molar-refractivity contribution in [3.05, 3.63) is 82.9 Å². The number of Topliss-reactive ketones (excluding diaryl/α,β-unsaturated/α-hetero) is 1. The average molecular weight is 806 g/mol. The van der Waals surface area contributed by atoms with Crippen LogP contribution in [0.2, 0.25) is 0 Å². The van der Waals surface area contributed by atoms with E-state index >= 15 is 0 Å². The number of ether oxygens (including phenoxy) is 5. The van der Waals surface area contributed by atoms with Crippen LogP contribution in [0, 0.1) is 22.7 Å². The van der Waals surface area contributed by atoms with Gasteiger partial charge < -0.3 is 44.3 Å². The third kappa shape index (κ3) is 7.11. The van der Waals surface area contributed by atoms with Crippen LogP contribution in [0.5, 0.6) is 0 Å². The van der Waals surface area contributed by atoms with Crippen molar-refractivity contribution in [2.75, 3.05) is 6.61 Å². The van der Waals surface area contributed by atoms with Crippen molar-refractivity contribution in [3.8, 4) is 0 Å². The maximum Gasteiger partial charge on any atom is 0.408 e. The molecule has 11 atom stereocenters. The summed E-state index contributed by atoms with van der Waals surface area (Å²) in [6.45, 7) is 13.8. The second kappa shape index (κ2) is 15.2. The highest BCUT2D eigenvalue weighted by Crippen LogP contribution is 2.64. The Morgan fingerprint density at radius 3 is 2.10 bits per heavy atom. The van der Waals surface area contributed by atoms with E-state index in [0.717, 1.165) is 0 Å². The molecule has 3 fully saturated rings. The molecule has 2 bridgehead atoms. The quantitative estimate of drug-likeness (QED) is 0.165. The van der Waals surface area contributed by atoms with E-state index in [-0.39, 0.29) is 29.7 Å². The van der Waals surface area contributed by atoms with Crippen molar-refractivity contribution in [2.45, 2.75) is 129 Å². The zero-order valence-electron chi connectivity index (χ0n) is 34.4. The number of carbonyl (C=O) groups excluding carboxylic acids is 5. The summed E-state index contributed by atoms with van der Waals surface area (Å²) in [5.74, 6) is -5.80. The fourth-order valence-corrected chi connectivity index (χ4v) is 9.75. The minimum absolute atomic E-state index is 0.0179. The largest absolute Gasteiger partial charge is 0.457 e. The number of hydrogen-bond acceptors (Lipinski definition) is 13. The first-order chi connectivity index (χ1) is 27.0. The number of nitrogens with one attached hydrogen (secondary N) is 1. The number of benzene rings is 2. The van der Waals surface area contributed by atoms with Gasteiger partial charge in [-0.1, -0.05) is 62.4 Å². The lowest BCUT2D eigenvalue weighted by molar-refractivity contribution is -0.346. The summed E-state index contributed by atoms with van der Waals surface area (Å²) in [5, 5.41) is 40.4. The van der Waals surface area contributed by atoms with Crippen molar-refractivity contribution < 1.29 is 63.0 Å². The second-order valence-corrected chi connectivity index (χ2v) is 17.9. The van der Waals surface area contributed by atoms with Crippen LogP contribution in [0.15, 0.2) is 71.8 Å². The lowest BCUT2D eigenvalue weighted by Gasteiger charge is -2.67. The van der Waals surface area contributed by atoms with Gasteiger partial charge in [-0.2, -0.15) is 0 Å². The van der Waals surface area contributed by atoms with Gasteiger partial charge in [0.15, 0.2) is 11.4 Å². The van der Waals surface area contributed by atoms with E-state index < -0.39 is 112 Å². The van der Waals surface area contributed by atoms with Gasteiger partial charge in [0.05, 0.1) is 41.6 Å². The summed E-state index contributed by atoms with van der Waals surface area (Å²) < 4.78 is 30.0. The Kier molecular flexibility index (Phi) is 11.3. The van der Waals surface area contributed by atoms with Gasteiger partial charge in [0.1, 0.15) is 35.6 Å². The molecule has 314 valence electrons. The zero-order valence-corrected chi connectivity index (χ0v) is 34.4. The van der Waals surface area contributed by atoms with E-state index in [9.17, 15) is 39.3 Å². The van der Waals surface area contributed by atoms with Crippen molar-refractivity contribution in [2.24, 2.45) is 22.7 Å². The predicted octanol–water partition coefficient (Wildman–Crippen LogP) is 4.53. The standard InChI is InChI=1S/C44H55NO13/c1-23-28(55-37(50)24(2)32(26-16-12-10-13-17-26)45-39(52)58-40(4,5)6)21-44(53)36(56-38(51)27-18-14-11-15-19-27)34-42(9,35(49)33(48)31(23)41(44,7)8)29(47)20-30-43(34,22-54-30)57-25(3)46/h10-19,24,28-30,32-34,36,47-48,53H,20-22H2,1-9H3,(H,45,52). The molecule has 14 heteroatoms. The number of amides is 1. The molecule has 2 aromatic carbocycles. The topological polar surface area (TPSA) is 204 Å². The summed E-state index contributed by atoms with van der Waals surface area (Å²) >= 11 is 0. The van der Waals surface area contributed by atoms with Gasteiger partial charge in [-0.25, -0.2) is 9.59 Å². The van der Waals surface area contributed by atoms with Gasteiger partial charge in [0.2, 0.25) is 0 Å². The molecule has 4 aliphatic rings. The number of rotatable bonds is 8. The molecule has 1 saturated heterocycles. The van der Waals surface area contributed by atoms with Crippen molar-refractivity contribution in [1.82, 2.24) is 5.32 Å². The number of aliphatic hydroxyl groups excluding tert-OH is 2. The Labute approximate surface area is 338 Å². The minimum Gasteiger partial charge on any atom is -0.457 e. The number of carbonyl (C=O) groups is 5. The molecular formula is C44H55NO13. The number of fused-ring (bicyclic) bond motifs is 5. The predicted molar refractivity (Wildman–Crippen MR) is 207 cm³/mol. The van der Waals surface area contributed by atoms with Crippen LogP contribution in [0.1, 0.15) is 97.1 Å². The normalized spacial score (nSPS) is 33.7. The van der Waals surface area contributed by atoms with Crippen LogP contribution >= 0.6 is 0 Å². The molecule has 0 aromatic heterocycles. The fourth-order valence-electron chi connectivity index (χ4n) is 9.75. The van der Waals surface area contributed by atoms with Crippen LogP contribution < -0.4 is 5.32 Å². The third-order valence-corrected chi connectivity index (χ3v) is 12.9. The molecule has 0 radical (unpaired) electrons. The van der Waals surface area contributed by atoms with Gasteiger partial charge in [-0.15, -0.1) is 0 Å². The number of alkyl carbamates (subject to hydrolysis) is 1. The lowest BCUT2D eigenvalue weighted by atomic mass is 9.44. The highest BCUT2D eigenvalue weighted by atomic mass is 16.6. The van der Waals surface area contributed by atoms with Crippen LogP contribution in [0.3, 0.4) is 0 Å². The van der Waals surface area contributed by atoms with E-state index in [1.54, 1.807) is 97.0 Å². The number of esters is 3. The van der Waals surface area contributed by atoms with Crippen molar-refractivity contribution in [3.63, 3.8) is 0 Å². The van der Waals surface area contributed by atoms with Gasteiger partial charge in [0.25, 0.3) is 0 Å². The molecule has 1 aliphatic heterocycles. The number of ketones is 1. The summed E-state index contributed by atoms with van der Waals surface area (Å²) in [4.78, 5) is 69.4. The molecule has 11 unspecified atom stereocenters. The van der Waals surface area contributed by atoms with Crippen LogP contribution in [0.25, 0.3) is 0 Å². The molecule has 0 spiro atoms. The molecule has 1 heterocycles. The minimum atomic E-state index is -2.27. The molecular weight excluding hydrogens is 750 g/mol. The van der Waals surface area contributed by atoms with Crippen LogP contribution in [0.4, 0.5) is 4.79 Å². The summed E-state index contributed by atoms with van der Waals surface area (Å²) in [6.07, 6.45) is -8.79. The first-order valence-corrected chi connectivity index (χ1v) is 19.7. The number of hydrogen-bond donors (Lipinski definition) is 4. The molecule has 3 aliphatic carbocycles. The smallest absolute Gasteiger partial charge is 0.408 e. The van der Waals surface area contributed by atoms with Crippen molar-refractivity contribution in [1.29, 1.82) is 0 Å². The van der Waals surface area contributed by atoms with Gasteiger partial charge in [0, 0.05) is 25.2 Å². The van der Waals surface area contributed by atoms with E-state index in [0.29, 0.717) is 5.56 Å². The maximum absolute atomic E-state index is 15.0. The summed E-state index contributed by atoms with van der Waals surface area (Å²) in [7, 11) is 0. The Morgan fingerprint density at radius 1 is 0.948 bits per heavy atom. The Bertz CT molecular complexity index is 1970. The SMILES string of the molecule is CC(=O)OC12COC1CC(O)C1(C)C(=O)C(O)C3=C(C)C(OC(=O)C(C)C(NC(=O)OC(C)(C)C)c4ccccc4)CC(O)(C(OC(=O)c4ccccc4)C21)C3(C)C. The Balaban J connectivity index is 1.49. The monoisotopic (exact) mass is 805 g/mol. The number of aliphatic hydroxyl groups is 3. The van der Waals surface area contributed by atoms with Gasteiger partial charge in [-0.3, -0.25) is 14.4 Å². The molecule has 58 heavy (non-hydrogen) atoms. The summed E-state index contributed by atoms with van der Waals surface area (Å²) in [5.41, 5.74) is -7.35. The first-order valence-electron chi connectivity index (χ1n) is 19.7. The molecule has 14 nitrogen and oxygen atoms in total. The second-order valence-electron chi connectivity index (χ2n) is 17.9. The average Bonchev–Trinajstić information content (AvgIpc) is 3.14. The summed E-state index contributed by atoms with van der Waals surface area (Å²) in [6, 6.07) is 15.8. The van der Waals surface area contributed by atoms with E-state index in [2.05, 4.69) is 5.32 Å². The highest BCUT2D eigenvalue weighted by molar-refractivity contribution is 5.94. The lowest BCUT2D eigenvalue weighted by Crippen LogP contribution is -2.81. The van der Waals surface area contributed by atoms with E-state index in [4.69, 9.17) is 23.7 Å². The first kappa shape index (κ1) is 43.0. The maximum atomic E-state index is 15.0. The van der Waals surface area contributed by atoms with E-state index in [1.807, 2.05) is 0 Å². The molecule has 1 amide bonds. The molecule has 6 rings (SSSR count). The van der Waals surface area contributed by atoms with Crippen LogP contribution in [-0.2, 0) is 38.1 Å². The van der Waals surface area contributed by atoms with Gasteiger partial charge in [-0.05, 0) is 70.4 Å². The zero-order chi connectivity index (χ0) is 42.7. The molecule has 4 N–H and O–H groups in total. The van der Waals surface area contributed by atoms with Crippen molar-refractivity contribution >= 4 is 29.8 Å². The Morgan fingerprint density at radius 2 is 1.55 bits per heavy atom. The third-order valence-electron chi connectivity index (χ3n) is 12.9. The van der Waals surface area contributed by atoms with Crippen LogP contribution in [-0.4, -0.2) is 99.0 Å². The van der Waals surface area contributed by atoms with E-state index in [1.165, 1.54) is 26.0 Å².